The van der Waals surface area contributed by atoms with Gasteiger partial charge in [-0.2, -0.15) is 18.2 Å². The van der Waals surface area contributed by atoms with E-state index in [0.717, 1.165) is 25.0 Å². The molecule has 12 heteroatoms. The summed E-state index contributed by atoms with van der Waals surface area (Å²) in [6.07, 6.45) is 2.25. The highest BCUT2D eigenvalue weighted by atomic mass is 32.2. The number of nitrogens with zero attached hydrogens (tertiary/aromatic N) is 3. The summed E-state index contributed by atoms with van der Waals surface area (Å²) in [4.78, 5) is 17.9. The minimum absolute atomic E-state index is 0.0736. The van der Waals surface area contributed by atoms with Crippen molar-refractivity contribution in [1.29, 1.82) is 0 Å². The Morgan fingerprint density at radius 2 is 1.79 bits per heavy atom. The number of aromatic nitrogens is 2. The zero-order chi connectivity index (χ0) is 24.3. The molecule has 0 aliphatic carbocycles. The standard InChI is InChI=1S/C22H20F3N3O5S/c23-22(24,25)34(30,31)17-11-9-15(10-12-17)20-26-21(33-27-20)18-8-4-5-13-28(18)19(29)14-32-16-6-2-1-3-7-16/h1-3,6-7,9-12,18H,4-5,8,13-14H2. The topological polar surface area (TPSA) is 103 Å². The predicted molar refractivity (Wildman–Crippen MR) is 113 cm³/mol. The number of benzene rings is 2. The van der Waals surface area contributed by atoms with Gasteiger partial charge in [0.05, 0.1) is 4.90 Å². The second-order valence-electron chi connectivity index (χ2n) is 7.63. The third-order valence-electron chi connectivity index (χ3n) is 5.38. The number of hydrogen-bond donors (Lipinski definition) is 0. The van der Waals surface area contributed by atoms with E-state index in [1.165, 1.54) is 12.1 Å². The quantitative estimate of drug-likeness (QED) is 0.506. The summed E-state index contributed by atoms with van der Waals surface area (Å²) in [7, 11) is -5.45. The Hall–Kier alpha value is -3.41. The Bertz CT molecular complexity index is 1240. The lowest BCUT2D eigenvalue weighted by atomic mass is 10.0. The van der Waals surface area contributed by atoms with Crippen molar-refractivity contribution in [3.63, 3.8) is 0 Å². The number of likely N-dealkylation sites (tertiary alicyclic amines) is 1. The average Bonchev–Trinajstić information content (AvgIpc) is 3.33. The summed E-state index contributed by atoms with van der Waals surface area (Å²) < 4.78 is 72.2. The summed E-state index contributed by atoms with van der Waals surface area (Å²) in [6.45, 7) is 0.333. The van der Waals surface area contributed by atoms with Crippen molar-refractivity contribution >= 4 is 15.7 Å². The molecule has 2 heterocycles. The van der Waals surface area contributed by atoms with Crippen LogP contribution in [0.5, 0.6) is 5.75 Å². The summed E-state index contributed by atoms with van der Waals surface area (Å²) in [5.74, 6) is 0.592. The molecule has 1 atom stereocenters. The van der Waals surface area contributed by atoms with Crippen molar-refractivity contribution in [1.82, 2.24) is 15.0 Å². The van der Waals surface area contributed by atoms with Gasteiger partial charge >= 0.3 is 5.51 Å². The van der Waals surface area contributed by atoms with Gasteiger partial charge in [0.1, 0.15) is 11.8 Å². The van der Waals surface area contributed by atoms with E-state index in [1.54, 1.807) is 29.2 Å². The molecule has 1 aromatic heterocycles. The van der Waals surface area contributed by atoms with Crippen LogP contribution in [0.4, 0.5) is 13.2 Å². The molecule has 8 nitrogen and oxygen atoms in total. The molecular weight excluding hydrogens is 475 g/mol. The van der Waals surface area contributed by atoms with Crippen molar-refractivity contribution in [2.24, 2.45) is 0 Å². The number of amides is 1. The summed E-state index contributed by atoms with van der Waals surface area (Å²) >= 11 is 0. The minimum Gasteiger partial charge on any atom is -0.484 e. The maximum absolute atomic E-state index is 12.8. The van der Waals surface area contributed by atoms with E-state index in [1.807, 2.05) is 6.07 Å². The monoisotopic (exact) mass is 495 g/mol. The fourth-order valence-electron chi connectivity index (χ4n) is 3.64. The Labute approximate surface area is 193 Å². The van der Waals surface area contributed by atoms with Gasteiger partial charge in [0.15, 0.2) is 6.61 Å². The number of hydrogen-bond acceptors (Lipinski definition) is 7. The van der Waals surface area contributed by atoms with Crippen LogP contribution in [0.3, 0.4) is 0 Å². The second kappa shape index (κ2) is 9.45. The van der Waals surface area contributed by atoms with Gasteiger partial charge in [-0.1, -0.05) is 23.4 Å². The van der Waals surface area contributed by atoms with E-state index < -0.39 is 26.3 Å². The highest BCUT2D eigenvalue weighted by molar-refractivity contribution is 7.92. The number of para-hydroxylation sites is 1. The maximum Gasteiger partial charge on any atom is 0.501 e. The van der Waals surface area contributed by atoms with Gasteiger partial charge in [-0.25, -0.2) is 8.42 Å². The number of carbonyl (C=O) groups excluding carboxylic acids is 1. The molecule has 0 spiro atoms. The third kappa shape index (κ3) is 4.91. The van der Waals surface area contributed by atoms with E-state index >= 15 is 0 Å². The van der Waals surface area contributed by atoms with Crippen LogP contribution < -0.4 is 4.74 Å². The number of halogens is 3. The summed E-state index contributed by atoms with van der Waals surface area (Å²) in [6, 6.07) is 12.5. The number of piperidine rings is 1. The van der Waals surface area contributed by atoms with Crippen LogP contribution in [0.1, 0.15) is 31.2 Å². The van der Waals surface area contributed by atoms with Crippen LogP contribution >= 0.6 is 0 Å². The van der Waals surface area contributed by atoms with Crippen molar-refractivity contribution in [3.05, 3.63) is 60.5 Å². The van der Waals surface area contributed by atoms with E-state index in [0.29, 0.717) is 18.7 Å². The van der Waals surface area contributed by atoms with Gasteiger partial charge in [-0.15, -0.1) is 0 Å². The number of ether oxygens (including phenoxy) is 1. The molecule has 0 radical (unpaired) electrons. The van der Waals surface area contributed by atoms with Crippen molar-refractivity contribution in [2.45, 2.75) is 35.7 Å². The van der Waals surface area contributed by atoms with Crippen molar-refractivity contribution < 1.29 is 35.6 Å². The van der Waals surface area contributed by atoms with Gasteiger partial charge in [-0.05, 0) is 55.7 Å². The lowest BCUT2D eigenvalue weighted by Crippen LogP contribution is -2.41. The maximum atomic E-state index is 12.8. The molecule has 34 heavy (non-hydrogen) atoms. The van der Waals surface area contributed by atoms with Gasteiger partial charge in [0.2, 0.25) is 11.7 Å². The fraction of sp³-hybridized carbons (Fsp3) is 0.318. The molecular formula is C22H20F3N3O5S. The predicted octanol–water partition coefficient (Wildman–Crippen LogP) is 4.16. The van der Waals surface area contributed by atoms with Crippen LogP contribution in [0.2, 0.25) is 0 Å². The normalized spacial score (nSPS) is 16.9. The van der Waals surface area contributed by atoms with Gasteiger partial charge in [-0.3, -0.25) is 4.79 Å². The average molecular weight is 495 g/mol. The summed E-state index contributed by atoms with van der Waals surface area (Å²) in [5, 5.41) is 3.86. The van der Waals surface area contributed by atoms with Gasteiger partial charge in [0, 0.05) is 12.1 Å². The Kier molecular flexibility index (Phi) is 6.60. The Morgan fingerprint density at radius 1 is 1.09 bits per heavy atom. The molecule has 0 N–H and O–H groups in total. The van der Waals surface area contributed by atoms with E-state index in [4.69, 9.17) is 9.26 Å². The van der Waals surface area contributed by atoms with Gasteiger partial charge in [0.25, 0.3) is 15.7 Å². The molecule has 1 aliphatic heterocycles. The molecule has 180 valence electrons. The lowest BCUT2D eigenvalue weighted by molar-refractivity contribution is -0.138. The molecule has 3 aromatic rings. The van der Waals surface area contributed by atoms with Crippen LogP contribution in [0, 0.1) is 0 Å². The molecule has 0 bridgehead atoms. The summed E-state index contributed by atoms with van der Waals surface area (Å²) in [5.41, 5.74) is -5.12. The largest absolute Gasteiger partial charge is 0.501 e. The van der Waals surface area contributed by atoms with Crippen molar-refractivity contribution in [2.75, 3.05) is 13.2 Å². The van der Waals surface area contributed by atoms with Gasteiger partial charge < -0.3 is 14.2 Å². The molecule has 1 fully saturated rings. The molecule has 1 unspecified atom stereocenters. The minimum atomic E-state index is -5.45. The third-order valence-corrected chi connectivity index (χ3v) is 6.89. The Morgan fingerprint density at radius 3 is 2.47 bits per heavy atom. The van der Waals surface area contributed by atoms with E-state index in [-0.39, 0.29) is 29.8 Å². The zero-order valence-corrected chi connectivity index (χ0v) is 18.6. The molecule has 1 amide bonds. The van der Waals surface area contributed by atoms with Crippen LogP contribution in [0.25, 0.3) is 11.4 Å². The number of carbonyl (C=O) groups is 1. The lowest BCUT2D eigenvalue weighted by Gasteiger charge is -2.33. The first kappa shape index (κ1) is 23.7. The molecule has 1 saturated heterocycles. The van der Waals surface area contributed by atoms with E-state index in [2.05, 4.69) is 10.1 Å². The zero-order valence-electron chi connectivity index (χ0n) is 17.7. The van der Waals surface area contributed by atoms with Crippen LogP contribution in [-0.4, -0.2) is 48.0 Å². The second-order valence-corrected chi connectivity index (χ2v) is 9.57. The first-order chi connectivity index (χ1) is 16.2. The highest BCUT2D eigenvalue weighted by Crippen LogP contribution is 2.33. The number of alkyl halides is 3. The number of rotatable bonds is 6. The van der Waals surface area contributed by atoms with Crippen LogP contribution in [-0.2, 0) is 14.6 Å². The first-order valence-corrected chi connectivity index (χ1v) is 11.9. The molecule has 0 saturated carbocycles. The smallest absolute Gasteiger partial charge is 0.484 e. The highest BCUT2D eigenvalue weighted by Gasteiger charge is 2.46. The number of sulfone groups is 1. The Balaban J connectivity index is 1.49. The van der Waals surface area contributed by atoms with E-state index in [9.17, 15) is 26.4 Å². The fourth-order valence-corrected chi connectivity index (χ4v) is 4.40. The molecule has 2 aromatic carbocycles. The first-order valence-electron chi connectivity index (χ1n) is 10.4. The van der Waals surface area contributed by atoms with Crippen molar-refractivity contribution in [3.8, 4) is 17.1 Å². The SMILES string of the molecule is O=C(COc1ccccc1)N1CCCCC1c1nc(-c2ccc(S(=O)(=O)C(F)(F)F)cc2)no1. The molecule has 1 aliphatic rings. The molecule has 4 rings (SSSR count). The van der Waals surface area contributed by atoms with Crippen LogP contribution in [0.15, 0.2) is 64.0 Å².